The zero-order valence-electron chi connectivity index (χ0n) is 12.9. The Kier molecular flexibility index (Phi) is 5.11. The van der Waals surface area contributed by atoms with Crippen LogP contribution in [0.3, 0.4) is 0 Å². The molecule has 3 N–H and O–H groups in total. The summed E-state index contributed by atoms with van der Waals surface area (Å²) < 4.78 is 22.8. The van der Waals surface area contributed by atoms with Crippen molar-refractivity contribution >= 4 is 27.2 Å². The van der Waals surface area contributed by atoms with E-state index in [1.807, 2.05) is 0 Å². The van der Waals surface area contributed by atoms with E-state index in [0.717, 1.165) is 6.26 Å². The first-order valence-electron chi connectivity index (χ1n) is 6.85. The number of nitrogens with one attached hydrogen (secondary N) is 1. The highest BCUT2D eigenvalue weighted by atomic mass is 32.2. The van der Waals surface area contributed by atoms with Gasteiger partial charge in [0.05, 0.1) is 17.5 Å². The van der Waals surface area contributed by atoms with Gasteiger partial charge in [-0.3, -0.25) is 4.79 Å². The average molecular weight is 345 g/mol. The van der Waals surface area contributed by atoms with Crippen LogP contribution in [0.25, 0.3) is 11.4 Å². The number of nitrogens with zero attached hydrogens (tertiary/aromatic N) is 3. The van der Waals surface area contributed by atoms with E-state index in [0.29, 0.717) is 22.8 Å². The summed E-state index contributed by atoms with van der Waals surface area (Å²) in [5.41, 5.74) is 7.17. The molecule has 0 unspecified atom stereocenters. The number of hydrogen-bond donors (Lipinski definition) is 2. The first kappa shape index (κ1) is 17.4. The van der Waals surface area contributed by atoms with Gasteiger partial charge < -0.3 is 11.1 Å². The van der Waals surface area contributed by atoms with Gasteiger partial charge in [-0.05, 0) is 24.3 Å². The second kappa shape index (κ2) is 7.06. The number of nitrogens with two attached hydrogens (primary N) is 1. The summed E-state index contributed by atoms with van der Waals surface area (Å²) in [5, 5.41) is 11.0. The number of carbonyl (C=O) groups excluding carboxylic acids is 1. The number of aromatic nitrogens is 2. The van der Waals surface area contributed by atoms with Crippen LogP contribution in [0.4, 0.5) is 11.5 Å². The van der Waals surface area contributed by atoms with Gasteiger partial charge in [0.2, 0.25) is 5.91 Å². The fourth-order valence-corrected chi connectivity index (χ4v) is 2.65. The van der Waals surface area contributed by atoms with Crippen molar-refractivity contribution in [2.24, 2.45) is 0 Å². The smallest absolute Gasteiger partial charge is 0.238 e. The van der Waals surface area contributed by atoms with Crippen LogP contribution in [-0.2, 0) is 20.4 Å². The minimum atomic E-state index is -3.24. The molecular formula is C15H15N5O3S. The molecule has 0 spiro atoms. The summed E-state index contributed by atoms with van der Waals surface area (Å²) in [6.07, 6.45) is 0.888. The lowest BCUT2D eigenvalue weighted by Crippen LogP contribution is -2.10. The number of anilines is 2. The van der Waals surface area contributed by atoms with E-state index in [9.17, 15) is 13.2 Å². The van der Waals surface area contributed by atoms with Gasteiger partial charge in [0, 0.05) is 23.6 Å². The van der Waals surface area contributed by atoms with Crippen LogP contribution in [0, 0.1) is 11.3 Å². The van der Waals surface area contributed by atoms with E-state index in [-0.39, 0.29) is 18.0 Å². The van der Waals surface area contributed by atoms with E-state index in [4.69, 9.17) is 11.0 Å². The lowest BCUT2D eigenvalue weighted by molar-refractivity contribution is -0.115. The molecule has 24 heavy (non-hydrogen) atoms. The molecule has 1 amide bonds. The number of nitrogen functional groups attached to an aromatic ring is 1. The topological polar surface area (TPSA) is 139 Å². The predicted molar refractivity (Wildman–Crippen MR) is 89.3 cm³/mol. The maximum absolute atomic E-state index is 11.4. The molecule has 1 aromatic carbocycles. The van der Waals surface area contributed by atoms with Crippen LogP contribution in [0.1, 0.15) is 12.1 Å². The second-order valence-corrected chi connectivity index (χ2v) is 7.28. The number of rotatable bonds is 5. The van der Waals surface area contributed by atoms with E-state index in [1.54, 1.807) is 30.3 Å². The summed E-state index contributed by atoms with van der Waals surface area (Å²) in [4.78, 5) is 19.7. The van der Waals surface area contributed by atoms with E-state index >= 15 is 0 Å². The van der Waals surface area contributed by atoms with Crippen molar-refractivity contribution in [2.45, 2.75) is 12.2 Å². The lowest BCUT2D eigenvalue weighted by atomic mass is 10.2. The van der Waals surface area contributed by atoms with Crippen LogP contribution >= 0.6 is 0 Å². The number of hydrogen-bond acceptors (Lipinski definition) is 7. The standard InChI is InChI=1S/C15H15N5O3S/c1-24(22,23)9-12-8-13(17)20-15(19-12)10-2-4-11(5-3-10)18-14(21)6-7-16/h2-5,8H,6,9H2,1H3,(H,18,21)(H2,17,19,20). The molecule has 124 valence electrons. The third kappa shape index (κ3) is 5.03. The molecule has 2 rings (SSSR count). The molecule has 0 aliphatic heterocycles. The molecule has 9 heteroatoms. The molecule has 0 atom stereocenters. The number of nitriles is 1. The van der Waals surface area contributed by atoms with Gasteiger partial charge in [-0.25, -0.2) is 18.4 Å². The molecule has 2 aromatic rings. The molecule has 0 bridgehead atoms. The second-order valence-electron chi connectivity index (χ2n) is 5.14. The van der Waals surface area contributed by atoms with Crippen molar-refractivity contribution in [3.63, 3.8) is 0 Å². The maximum atomic E-state index is 11.4. The third-order valence-electron chi connectivity index (χ3n) is 2.88. The fraction of sp³-hybridized carbons (Fsp3) is 0.200. The number of carbonyl (C=O) groups is 1. The van der Waals surface area contributed by atoms with Crippen molar-refractivity contribution in [1.82, 2.24) is 9.97 Å². The lowest BCUT2D eigenvalue weighted by Gasteiger charge is -2.07. The minimum Gasteiger partial charge on any atom is -0.384 e. The largest absolute Gasteiger partial charge is 0.384 e. The first-order chi connectivity index (χ1) is 11.3. The molecule has 1 heterocycles. The monoisotopic (exact) mass is 345 g/mol. The minimum absolute atomic E-state index is 0.171. The Labute approximate surface area is 139 Å². The van der Waals surface area contributed by atoms with Crippen molar-refractivity contribution in [1.29, 1.82) is 5.26 Å². The van der Waals surface area contributed by atoms with Crippen molar-refractivity contribution in [3.8, 4) is 17.5 Å². The van der Waals surface area contributed by atoms with E-state index < -0.39 is 15.7 Å². The summed E-state index contributed by atoms with van der Waals surface area (Å²) in [7, 11) is -3.24. The molecule has 0 saturated carbocycles. The summed E-state index contributed by atoms with van der Waals surface area (Å²) in [5.74, 6) is -0.163. The van der Waals surface area contributed by atoms with Gasteiger partial charge in [0.25, 0.3) is 0 Å². The molecule has 8 nitrogen and oxygen atoms in total. The molecular weight excluding hydrogens is 330 g/mol. The number of amides is 1. The third-order valence-corrected chi connectivity index (χ3v) is 3.70. The van der Waals surface area contributed by atoms with Crippen LogP contribution < -0.4 is 11.1 Å². The quantitative estimate of drug-likeness (QED) is 0.827. The Morgan fingerprint density at radius 1 is 1.29 bits per heavy atom. The molecule has 1 aromatic heterocycles. The zero-order valence-corrected chi connectivity index (χ0v) is 13.7. The van der Waals surface area contributed by atoms with Gasteiger partial charge in [-0.1, -0.05) is 0 Å². The Morgan fingerprint density at radius 2 is 1.96 bits per heavy atom. The maximum Gasteiger partial charge on any atom is 0.238 e. The first-order valence-corrected chi connectivity index (χ1v) is 8.91. The molecule has 0 fully saturated rings. The normalized spacial score (nSPS) is 10.8. The van der Waals surface area contributed by atoms with Gasteiger partial charge >= 0.3 is 0 Å². The Balaban J connectivity index is 2.25. The zero-order chi connectivity index (χ0) is 17.7. The Morgan fingerprint density at radius 3 is 2.54 bits per heavy atom. The Bertz CT molecular complexity index is 902. The Hall–Kier alpha value is -2.99. The number of benzene rings is 1. The van der Waals surface area contributed by atoms with Gasteiger partial charge in [-0.15, -0.1) is 0 Å². The van der Waals surface area contributed by atoms with Crippen LogP contribution in [0.2, 0.25) is 0 Å². The fourth-order valence-electron chi connectivity index (χ4n) is 1.97. The highest BCUT2D eigenvalue weighted by Crippen LogP contribution is 2.20. The SMILES string of the molecule is CS(=O)(=O)Cc1cc(N)nc(-c2ccc(NC(=O)CC#N)cc2)n1. The van der Waals surface area contributed by atoms with Crippen LogP contribution in [-0.4, -0.2) is 30.5 Å². The summed E-state index contributed by atoms with van der Waals surface area (Å²) in [6, 6.07) is 9.78. The van der Waals surface area contributed by atoms with Crippen molar-refractivity contribution in [2.75, 3.05) is 17.3 Å². The molecule has 0 saturated heterocycles. The molecule has 0 aliphatic carbocycles. The summed E-state index contributed by atoms with van der Waals surface area (Å²) in [6.45, 7) is 0. The van der Waals surface area contributed by atoms with Crippen molar-refractivity contribution in [3.05, 3.63) is 36.0 Å². The molecule has 0 aliphatic rings. The van der Waals surface area contributed by atoms with Gasteiger partial charge in [-0.2, -0.15) is 5.26 Å². The molecule has 0 radical (unpaired) electrons. The van der Waals surface area contributed by atoms with Crippen LogP contribution in [0.5, 0.6) is 0 Å². The highest BCUT2D eigenvalue weighted by Gasteiger charge is 2.11. The van der Waals surface area contributed by atoms with Gasteiger partial charge in [0.1, 0.15) is 12.2 Å². The predicted octanol–water partition coefficient (Wildman–Crippen LogP) is 1.12. The van der Waals surface area contributed by atoms with Crippen LogP contribution in [0.15, 0.2) is 30.3 Å². The highest BCUT2D eigenvalue weighted by molar-refractivity contribution is 7.89. The van der Waals surface area contributed by atoms with E-state index in [2.05, 4.69) is 15.3 Å². The summed E-state index contributed by atoms with van der Waals surface area (Å²) >= 11 is 0. The number of sulfone groups is 1. The van der Waals surface area contributed by atoms with E-state index in [1.165, 1.54) is 6.07 Å². The van der Waals surface area contributed by atoms with Crippen molar-refractivity contribution < 1.29 is 13.2 Å². The average Bonchev–Trinajstić information content (AvgIpc) is 2.45. The van der Waals surface area contributed by atoms with Gasteiger partial charge in [0.15, 0.2) is 15.7 Å².